The van der Waals surface area contributed by atoms with E-state index in [0.29, 0.717) is 0 Å². The molecule has 2 aromatic carbocycles. The molecule has 0 aromatic heterocycles. The zero-order valence-electron chi connectivity index (χ0n) is 10.4. The van der Waals surface area contributed by atoms with Crippen LogP contribution in [-0.4, -0.2) is 5.75 Å². The van der Waals surface area contributed by atoms with Gasteiger partial charge in [-0.2, -0.15) is 0 Å². The highest BCUT2D eigenvalue weighted by Crippen LogP contribution is 2.19. The molecule has 0 aliphatic heterocycles. The van der Waals surface area contributed by atoms with Crippen molar-refractivity contribution < 1.29 is 0 Å². The van der Waals surface area contributed by atoms with Crippen LogP contribution in [-0.2, 0) is 6.42 Å². The molecule has 0 atom stereocenters. The van der Waals surface area contributed by atoms with Gasteiger partial charge in [-0.25, -0.2) is 0 Å². The van der Waals surface area contributed by atoms with E-state index in [1.165, 1.54) is 21.6 Å². The van der Waals surface area contributed by atoms with Gasteiger partial charge in [0.15, 0.2) is 0 Å². The molecule has 0 amide bonds. The average Bonchev–Trinajstić information content (AvgIpc) is 2.35. The first-order valence-corrected chi connectivity index (χ1v) is 7.04. The molecule has 0 saturated heterocycles. The standard InChI is InChI=1S/C16H18S/c1-3-17-16-10-8-15(9-11-16)12-14-6-4-13(2)5-7-14/h4-11H,3,12H2,1-2H3. The Labute approximate surface area is 108 Å². The summed E-state index contributed by atoms with van der Waals surface area (Å²) in [5.74, 6) is 1.14. The minimum absolute atomic E-state index is 1.03. The van der Waals surface area contributed by atoms with Crippen molar-refractivity contribution in [3.05, 3.63) is 65.2 Å². The van der Waals surface area contributed by atoms with Gasteiger partial charge in [0.25, 0.3) is 0 Å². The summed E-state index contributed by atoms with van der Waals surface area (Å²) in [5, 5.41) is 0. The first-order valence-electron chi connectivity index (χ1n) is 6.05. The zero-order chi connectivity index (χ0) is 12.1. The van der Waals surface area contributed by atoms with Gasteiger partial charge in [0, 0.05) is 4.90 Å². The predicted molar refractivity (Wildman–Crippen MR) is 76.8 cm³/mol. The van der Waals surface area contributed by atoms with Crippen molar-refractivity contribution in [1.82, 2.24) is 0 Å². The first kappa shape index (κ1) is 12.3. The molecule has 2 rings (SSSR count). The molecule has 0 saturated carbocycles. The molecule has 88 valence electrons. The molecule has 0 radical (unpaired) electrons. The fraction of sp³-hybridized carbons (Fsp3) is 0.250. The number of hydrogen-bond acceptors (Lipinski definition) is 1. The van der Waals surface area contributed by atoms with Gasteiger partial charge in [-0.3, -0.25) is 0 Å². The van der Waals surface area contributed by atoms with Crippen molar-refractivity contribution in [2.75, 3.05) is 5.75 Å². The molecule has 17 heavy (non-hydrogen) atoms. The van der Waals surface area contributed by atoms with Crippen LogP contribution in [0.5, 0.6) is 0 Å². The monoisotopic (exact) mass is 242 g/mol. The lowest BCUT2D eigenvalue weighted by Gasteiger charge is -2.04. The van der Waals surface area contributed by atoms with E-state index >= 15 is 0 Å². The summed E-state index contributed by atoms with van der Waals surface area (Å²) in [7, 11) is 0. The summed E-state index contributed by atoms with van der Waals surface area (Å²) in [5.41, 5.74) is 4.09. The van der Waals surface area contributed by atoms with Crippen molar-refractivity contribution in [2.24, 2.45) is 0 Å². The number of aryl methyl sites for hydroxylation is 1. The van der Waals surface area contributed by atoms with Crippen molar-refractivity contribution in [2.45, 2.75) is 25.2 Å². The molecule has 0 aliphatic rings. The largest absolute Gasteiger partial charge is 0.126 e. The molecule has 1 heteroatoms. The van der Waals surface area contributed by atoms with Gasteiger partial charge in [-0.1, -0.05) is 48.9 Å². The molecule has 0 spiro atoms. The van der Waals surface area contributed by atoms with Gasteiger partial charge < -0.3 is 0 Å². The Kier molecular flexibility index (Phi) is 4.27. The summed E-state index contributed by atoms with van der Waals surface area (Å²) >= 11 is 1.89. The van der Waals surface area contributed by atoms with E-state index in [9.17, 15) is 0 Å². The topological polar surface area (TPSA) is 0 Å². The van der Waals surface area contributed by atoms with Crippen LogP contribution in [0.15, 0.2) is 53.4 Å². The van der Waals surface area contributed by atoms with E-state index < -0.39 is 0 Å². The van der Waals surface area contributed by atoms with Crippen LogP contribution >= 0.6 is 11.8 Å². The van der Waals surface area contributed by atoms with Gasteiger partial charge in [-0.05, 0) is 42.4 Å². The normalized spacial score (nSPS) is 10.5. The quantitative estimate of drug-likeness (QED) is 0.700. The molecule has 0 aliphatic carbocycles. The Morgan fingerprint density at radius 2 is 1.35 bits per heavy atom. The van der Waals surface area contributed by atoms with E-state index in [-0.39, 0.29) is 0 Å². The Hall–Kier alpha value is -1.21. The fourth-order valence-electron chi connectivity index (χ4n) is 1.81. The third kappa shape index (κ3) is 3.64. The molecule has 2 aromatic rings. The van der Waals surface area contributed by atoms with Gasteiger partial charge in [0.1, 0.15) is 0 Å². The number of hydrogen-bond donors (Lipinski definition) is 0. The molecule has 0 unspecified atom stereocenters. The van der Waals surface area contributed by atoms with Crippen molar-refractivity contribution in [3.63, 3.8) is 0 Å². The van der Waals surface area contributed by atoms with Crippen LogP contribution in [0.2, 0.25) is 0 Å². The maximum absolute atomic E-state index is 2.23. The second kappa shape index (κ2) is 5.92. The zero-order valence-corrected chi connectivity index (χ0v) is 11.3. The minimum atomic E-state index is 1.03. The van der Waals surface area contributed by atoms with Crippen molar-refractivity contribution in [3.8, 4) is 0 Å². The Bertz CT molecular complexity index is 454. The lowest BCUT2D eigenvalue weighted by Crippen LogP contribution is -1.88. The van der Waals surface area contributed by atoms with Gasteiger partial charge in [0.2, 0.25) is 0 Å². The van der Waals surface area contributed by atoms with Crippen LogP contribution in [0.4, 0.5) is 0 Å². The molecular formula is C16H18S. The average molecular weight is 242 g/mol. The lowest BCUT2D eigenvalue weighted by atomic mass is 10.0. The molecule has 0 fully saturated rings. The fourth-order valence-corrected chi connectivity index (χ4v) is 2.47. The molecule has 0 nitrogen and oxygen atoms in total. The van der Waals surface area contributed by atoms with Crippen LogP contribution in [0.1, 0.15) is 23.6 Å². The number of rotatable bonds is 4. The second-order valence-electron chi connectivity index (χ2n) is 4.24. The minimum Gasteiger partial charge on any atom is -0.126 e. The Morgan fingerprint density at radius 1 is 0.824 bits per heavy atom. The molecule has 0 bridgehead atoms. The van der Waals surface area contributed by atoms with E-state index in [0.717, 1.165) is 12.2 Å². The maximum atomic E-state index is 2.23. The highest BCUT2D eigenvalue weighted by atomic mass is 32.2. The predicted octanol–water partition coefficient (Wildman–Crippen LogP) is 4.70. The van der Waals surface area contributed by atoms with E-state index in [2.05, 4.69) is 62.4 Å². The van der Waals surface area contributed by atoms with Crippen molar-refractivity contribution >= 4 is 11.8 Å². The maximum Gasteiger partial charge on any atom is 0.00720 e. The van der Waals surface area contributed by atoms with E-state index in [1.54, 1.807) is 0 Å². The highest BCUT2D eigenvalue weighted by Gasteiger charge is 1.97. The number of benzene rings is 2. The van der Waals surface area contributed by atoms with Crippen LogP contribution < -0.4 is 0 Å². The third-order valence-electron chi connectivity index (χ3n) is 2.76. The third-order valence-corrected chi connectivity index (χ3v) is 3.66. The van der Waals surface area contributed by atoms with Gasteiger partial charge in [0.05, 0.1) is 0 Å². The summed E-state index contributed by atoms with van der Waals surface area (Å²) < 4.78 is 0. The second-order valence-corrected chi connectivity index (χ2v) is 5.58. The van der Waals surface area contributed by atoms with Gasteiger partial charge >= 0.3 is 0 Å². The van der Waals surface area contributed by atoms with Gasteiger partial charge in [-0.15, -0.1) is 11.8 Å². The summed E-state index contributed by atoms with van der Waals surface area (Å²) in [4.78, 5) is 1.36. The Balaban J connectivity index is 2.05. The Morgan fingerprint density at radius 3 is 1.88 bits per heavy atom. The number of thioether (sulfide) groups is 1. The molecular weight excluding hydrogens is 224 g/mol. The van der Waals surface area contributed by atoms with Crippen LogP contribution in [0, 0.1) is 6.92 Å². The summed E-state index contributed by atoms with van der Waals surface area (Å²) in [6.07, 6.45) is 1.03. The highest BCUT2D eigenvalue weighted by molar-refractivity contribution is 7.99. The molecule has 0 N–H and O–H groups in total. The van der Waals surface area contributed by atoms with Crippen molar-refractivity contribution in [1.29, 1.82) is 0 Å². The first-order chi connectivity index (χ1) is 8.28. The van der Waals surface area contributed by atoms with Crippen LogP contribution in [0.3, 0.4) is 0 Å². The summed E-state index contributed by atoms with van der Waals surface area (Å²) in [6.45, 7) is 4.31. The smallest absolute Gasteiger partial charge is 0.00720 e. The van der Waals surface area contributed by atoms with Crippen LogP contribution in [0.25, 0.3) is 0 Å². The van der Waals surface area contributed by atoms with E-state index in [1.807, 2.05) is 11.8 Å². The van der Waals surface area contributed by atoms with E-state index in [4.69, 9.17) is 0 Å². The SMILES string of the molecule is CCSc1ccc(Cc2ccc(C)cc2)cc1. The lowest BCUT2D eigenvalue weighted by molar-refractivity contribution is 1.17. The molecule has 0 heterocycles. The summed E-state index contributed by atoms with van der Waals surface area (Å²) in [6, 6.07) is 17.7.